The van der Waals surface area contributed by atoms with E-state index in [9.17, 15) is 5.26 Å². The first-order valence-corrected chi connectivity index (χ1v) is 10.7. The van der Waals surface area contributed by atoms with Gasteiger partial charge in [-0.15, -0.1) is 0 Å². The van der Waals surface area contributed by atoms with Crippen LogP contribution in [0.2, 0.25) is 0 Å². The number of benzene rings is 2. The number of nitriles is 1. The third kappa shape index (κ3) is 4.63. The normalized spacial score (nSPS) is 13.3. The molecule has 0 bridgehead atoms. The lowest BCUT2D eigenvalue weighted by molar-refractivity contribution is 0.396. The fourth-order valence-electron chi connectivity index (χ4n) is 4.34. The van der Waals surface area contributed by atoms with Gasteiger partial charge in [0, 0.05) is 11.6 Å². The van der Waals surface area contributed by atoms with E-state index < -0.39 is 12.0 Å². The molecule has 2 aromatic carbocycles. The molecule has 2 N–H and O–H groups in total. The number of rotatable bonds is 8. The second-order valence-electron chi connectivity index (χ2n) is 8.69. The largest absolute Gasteiger partial charge is 0.496 e. The molecule has 2 atom stereocenters. The molecule has 0 aliphatic rings. The van der Waals surface area contributed by atoms with Crippen LogP contribution in [0.4, 0.5) is 0 Å². The molecule has 4 heteroatoms. The summed E-state index contributed by atoms with van der Waals surface area (Å²) in [5, 5.41) is 10.2. The summed E-state index contributed by atoms with van der Waals surface area (Å²) in [6.45, 7) is 12.7. The Morgan fingerprint density at radius 2 is 1.37 bits per heavy atom. The Morgan fingerprint density at radius 3 is 1.83 bits per heavy atom. The predicted molar refractivity (Wildman–Crippen MR) is 124 cm³/mol. The molecular weight excluding hydrogens is 372 g/mol. The Balaban J connectivity index is 2.60. The van der Waals surface area contributed by atoms with Crippen LogP contribution in [0.15, 0.2) is 24.3 Å². The molecule has 0 spiro atoms. The molecule has 0 aliphatic carbocycles. The Bertz CT molecular complexity index is 926. The summed E-state index contributed by atoms with van der Waals surface area (Å²) < 4.78 is 11.5. The van der Waals surface area contributed by atoms with Gasteiger partial charge in [0.15, 0.2) is 0 Å². The van der Waals surface area contributed by atoms with Gasteiger partial charge in [0.25, 0.3) is 0 Å². The molecule has 0 saturated carbocycles. The van der Waals surface area contributed by atoms with Crippen molar-refractivity contribution in [2.75, 3.05) is 14.2 Å². The van der Waals surface area contributed by atoms with Crippen LogP contribution in [-0.4, -0.2) is 20.3 Å². The van der Waals surface area contributed by atoms with Gasteiger partial charge in [-0.05, 0) is 59.9 Å². The standard InChI is InChI=1S/C26H36N2O2/c1-15(2)19-11-9-17(5)25(29-7)21(19)13-23(28)22(14-27)24-20(16(3)4)12-10-18(6)26(24)30-8/h9-12,15-16,22-23H,13,28H2,1-8H3. The summed E-state index contributed by atoms with van der Waals surface area (Å²) in [4.78, 5) is 0. The van der Waals surface area contributed by atoms with Gasteiger partial charge in [-0.2, -0.15) is 5.26 Å². The van der Waals surface area contributed by atoms with Gasteiger partial charge in [0.05, 0.1) is 26.2 Å². The van der Waals surface area contributed by atoms with Gasteiger partial charge < -0.3 is 15.2 Å². The van der Waals surface area contributed by atoms with Gasteiger partial charge >= 0.3 is 0 Å². The Labute approximate surface area is 182 Å². The topological polar surface area (TPSA) is 68.3 Å². The van der Waals surface area contributed by atoms with Crippen molar-refractivity contribution in [3.63, 3.8) is 0 Å². The minimum atomic E-state index is -0.484. The highest BCUT2D eigenvalue weighted by molar-refractivity contribution is 5.53. The summed E-state index contributed by atoms with van der Waals surface area (Å²) in [5.41, 5.74) is 13.2. The maximum atomic E-state index is 10.2. The van der Waals surface area contributed by atoms with E-state index in [2.05, 4.69) is 58.0 Å². The minimum Gasteiger partial charge on any atom is -0.496 e. The quantitative estimate of drug-likeness (QED) is 0.604. The van der Waals surface area contributed by atoms with Crippen LogP contribution in [-0.2, 0) is 6.42 Å². The summed E-state index contributed by atoms with van der Waals surface area (Å²) in [7, 11) is 3.36. The van der Waals surface area contributed by atoms with Gasteiger partial charge in [0.2, 0.25) is 0 Å². The molecule has 0 amide bonds. The SMILES string of the molecule is COc1c(C)ccc(C(C)C)c1CC(N)C(C#N)c1c(C(C)C)ccc(C)c1OC. The average molecular weight is 409 g/mol. The lowest BCUT2D eigenvalue weighted by atomic mass is 9.80. The van der Waals surface area contributed by atoms with Crippen molar-refractivity contribution in [1.82, 2.24) is 0 Å². The Hall–Kier alpha value is -2.51. The van der Waals surface area contributed by atoms with Crippen LogP contribution in [0.5, 0.6) is 11.5 Å². The number of aryl methyl sites for hydroxylation is 2. The molecule has 0 aromatic heterocycles. The highest BCUT2D eigenvalue weighted by atomic mass is 16.5. The highest BCUT2D eigenvalue weighted by Gasteiger charge is 2.29. The number of hydrogen-bond acceptors (Lipinski definition) is 4. The maximum absolute atomic E-state index is 10.2. The molecule has 162 valence electrons. The Morgan fingerprint density at radius 1 is 0.867 bits per heavy atom. The summed E-state index contributed by atoms with van der Waals surface area (Å²) in [6.07, 6.45) is 0.561. The van der Waals surface area contributed by atoms with Crippen molar-refractivity contribution in [3.05, 3.63) is 57.6 Å². The zero-order chi connectivity index (χ0) is 22.6. The smallest absolute Gasteiger partial charge is 0.126 e. The van der Waals surface area contributed by atoms with Crippen molar-refractivity contribution in [2.45, 2.75) is 71.8 Å². The van der Waals surface area contributed by atoms with Crippen LogP contribution in [0, 0.1) is 25.2 Å². The van der Waals surface area contributed by atoms with Crippen LogP contribution in [0.25, 0.3) is 0 Å². The highest BCUT2D eigenvalue weighted by Crippen LogP contribution is 2.39. The third-order valence-corrected chi connectivity index (χ3v) is 5.89. The predicted octanol–water partition coefficient (Wildman–Crippen LogP) is 5.74. The monoisotopic (exact) mass is 408 g/mol. The number of nitrogens with zero attached hydrogens (tertiary/aromatic N) is 1. The third-order valence-electron chi connectivity index (χ3n) is 5.89. The molecule has 0 heterocycles. The van der Waals surface area contributed by atoms with Gasteiger partial charge in [0.1, 0.15) is 11.5 Å². The van der Waals surface area contributed by atoms with Crippen LogP contribution in [0.3, 0.4) is 0 Å². The first kappa shape index (κ1) is 23.8. The molecule has 4 nitrogen and oxygen atoms in total. The molecular formula is C26H36N2O2. The van der Waals surface area contributed by atoms with Crippen molar-refractivity contribution in [1.29, 1.82) is 5.26 Å². The van der Waals surface area contributed by atoms with Crippen molar-refractivity contribution < 1.29 is 9.47 Å². The van der Waals surface area contributed by atoms with Crippen molar-refractivity contribution >= 4 is 0 Å². The van der Waals surface area contributed by atoms with Gasteiger partial charge in [-0.3, -0.25) is 0 Å². The summed E-state index contributed by atoms with van der Waals surface area (Å²) >= 11 is 0. The van der Waals surface area contributed by atoms with E-state index in [4.69, 9.17) is 15.2 Å². The van der Waals surface area contributed by atoms with E-state index in [0.717, 1.165) is 39.3 Å². The molecule has 0 aliphatic heterocycles. The number of hydrogen-bond donors (Lipinski definition) is 1. The van der Waals surface area contributed by atoms with Crippen molar-refractivity contribution in [2.24, 2.45) is 5.73 Å². The first-order valence-electron chi connectivity index (χ1n) is 10.7. The van der Waals surface area contributed by atoms with E-state index in [0.29, 0.717) is 12.3 Å². The van der Waals surface area contributed by atoms with E-state index in [-0.39, 0.29) is 5.92 Å². The molecule has 2 rings (SSSR count). The van der Waals surface area contributed by atoms with Crippen molar-refractivity contribution in [3.8, 4) is 17.6 Å². The second-order valence-corrected chi connectivity index (χ2v) is 8.69. The van der Waals surface area contributed by atoms with Gasteiger partial charge in [-0.25, -0.2) is 0 Å². The minimum absolute atomic E-state index is 0.261. The molecule has 30 heavy (non-hydrogen) atoms. The number of methoxy groups -OCH3 is 2. The van der Waals surface area contributed by atoms with Gasteiger partial charge in [-0.1, -0.05) is 52.0 Å². The van der Waals surface area contributed by atoms with E-state index in [1.807, 2.05) is 13.8 Å². The van der Waals surface area contributed by atoms with E-state index in [1.165, 1.54) is 5.56 Å². The van der Waals surface area contributed by atoms with Crippen LogP contribution < -0.4 is 15.2 Å². The lowest BCUT2D eigenvalue weighted by Gasteiger charge is -2.27. The number of nitrogens with two attached hydrogens (primary N) is 1. The fourth-order valence-corrected chi connectivity index (χ4v) is 4.34. The summed E-state index contributed by atoms with van der Waals surface area (Å²) in [5.74, 6) is 1.75. The van der Waals surface area contributed by atoms with Crippen LogP contribution >= 0.6 is 0 Å². The first-order chi connectivity index (χ1) is 14.2. The molecule has 2 aromatic rings. The van der Waals surface area contributed by atoms with Crippen LogP contribution in [0.1, 0.15) is 78.8 Å². The number of ether oxygens (including phenoxy) is 2. The zero-order valence-electron chi connectivity index (χ0n) is 19.7. The average Bonchev–Trinajstić information content (AvgIpc) is 2.68. The van der Waals surface area contributed by atoms with E-state index >= 15 is 0 Å². The van der Waals surface area contributed by atoms with E-state index in [1.54, 1.807) is 14.2 Å². The lowest BCUT2D eigenvalue weighted by Crippen LogP contribution is -2.32. The Kier molecular flexibility index (Phi) is 7.92. The second kappa shape index (κ2) is 10.00. The molecule has 0 saturated heterocycles. The zero-order valence-corrected chi connectivity index (χ0v) is 19.7. The summed E-state index contributed by atoms with van der Waals surface area (Å²) in [6, 6.07) is 10.5. The molecule has 2 unspecified atom stereocenters. The fraction of sp³-hybridized carbons (Fsp3) is 0.500. The maximum Gasteiger partial charge on any atom is 0.126 e. The molecule has 0 radical (unpaired) electrons. The molecule has 0 fully saturated rings.